The van der Waals surface area contributed by atoms with Crippen LogP contribution in [0.4, 0.5) is 10.5 Å². The van der Waals surface area contributed by atoms with Gasteiger partial charge >= 0.3 is 6.03 Å². The summed E-state index contributed by atoms with van der Waals surface area (Å²) in [5, 5.41) is 2.51. The molecule has 3 amide bonds. The highest BCUT2D eigenvalue weighted by Gasteiger charge is 2.08. The number of hydrogen-bond donors (Lipinski definition) is 3. The molecule has 0 unspecified atom stereocenters. The van der Waals surface area contributed by atoms with Gasteiger partial charge in [-0.25, -0.2) is 15.2 Å². The Morgan fingerprint density at radius 1 is 0.947 bits per heavy atom. The summed E-state index contributed by atoms with van der Waals surface area (Å²) in [7, 11) is 0. The van der Waals surface area contributed by atoms with Gasteiger partial charge in [0, 0.05) is 30.5 Å². The molecule has 0 fully saturated rings. The highest BCUT2D eigenvalue weighted by Crippen LogP contribution is 2.01. The Balaban J connectivity index is 1.83. The van der Waals surface area contributed by atoms with E-state index in [-0.39, 0.29) is 5.69 Å². The number of anilines is 1. The average Bonchev–Trinajstić information content (AvgIpc) is 2.47. The number of rotatable bonds is 2. The molecule has 0 aliphatic heterocycles. The zero-order valence-electron chi connectivity index (χ0n) is 9.70. The van der Waals surface area contributed by atoms with Crippen LogP contribution in [-0.2, 0) is 0 Å². The Bertz CT molecular complexity index is 560. The topological polar surface area (TPSA) is 109 Å². The average molecular weight is 258 g/mol. The largest absolute Gasteiger partial charge is 0.337 e. The van der Waals surface area contributed by atoms with Gasteiger partial charge in [0.2, 0.25) is 0 Å². The molecule has 2 aromatic rings. The first-order chi connectivity index (χ1) is 9.25. The molecule has 2 rings (SSSR count). The summed E-state index contributed by atoms with van der Waals surface area (Å²) < 4.78 is 0. The maximum Gasteiger partial charge on any atom is 0.337 e. The van der Waals surface area contributed by atoms with Crippen LogP contribution in [0.3, 0.4) is 0 Å². The molecule has 0 aromatic carbocycles. The van der Waals surface area contributed by atoms with Crippen molar-refractivity contribution in [3.05, 3.63) is 48.8 Å². The molecule has 3 N–H and O–H groups in total. The van der Waals surface area contributed by atoms with Crippen molar-refractivity contribution in [3.63, 3.8) is 0 Å². The number of carbonyl (C=O) groups excluding carboxylic acids is 2. The fourth-order valence-electron chi connectivity index (χ4n) is 1.19. The van der Waals surface area contributed by atoms with Crippen molar-refractivity contribution < 1.29 is 9.59 Å². The minimum atomic E-state index is -0.580. The highest BCUT2D eigenvalue weighted by molar-refractivity contribution is 5.95. The Kier molecular flexibility index (Phi) is 3.96. The van der Waals surface area contributed by atoms with E-state index in [2.05, 4.69) is 31.1 Å². The highest BCUT2D eigenvalue weighted by atomic mass is 16.2. The predicted molar refractivity (Wildman–Crippen MR) is 65.9 cm³/mol. The summed E-state index contributed by atoms with van der Waals surface area (Å²) >= 11 is 0. The van der Waals surface area contributed by atoms with Crippen molar-refractivity contribution in [1.29, 1.82) is 0 Å². The van der Waals surface area contributed by atoms with Crippen LogP contribution in [0.25, 0.3) is 0 Å². The lowest BCUT2D eigenvalue weighted by atomic mass is 10.4. The molecule has 19 heavy (non-hydrogen) atoms. The van der Waals surface area contributed by atoms with Crippen molar-refractivity contribution in [2.75, 3.05) is 5.32 Å². The van der Waals surface area contributed by atoms with E-state index < -0.39 is 11.9 Å². The van der Waals surface area contributed by atoms with Crippen LogP contribution >= 0.6 is 0 Å². The van der Waals surface area contributed by atoms with Gasteiger partial charge in [-0.15, -0.1) is 0 Å². The zero-order valence-corrected chi connectivity index (χ0v) is 9.70. The number of pyridine rings is 1. The van der Waals surface area contributed by atoms with Crippen LogP contribution in [-0.4, -0.2) is 26.9 Å². The summed E-state index contributed by atoms with van der Waals surface area (Å²) in [6.07, 6.45) is 7.19. The third-order valence-electron chi connectivity index (χ3n) is 2.02. The number of hydrogen-bond acceptors (Lipinski definition) is 5. The molecule has 0 bridgehead atoms. The minimum Gasteiger partial charge on any atom is -0.306 e. The zero-order chi connectivity index (χ0) is 13.5. The summed E-state index contributed by atoms with van der Waals surface area (Å²) in [4.78, 5) is 34.3. The van der Waals surface area contributed by atoms with Crippen LogP contribution in [0.15, 0.2) is 43.1 Å². The second-order valence-electron chi connectivity index (χ2n) is 3.36. The maximum atomic E-state index is 11.5. The molecule has 0 radical (unpaired) electrons. The Hall–Kier alpha value is -3.03. The standard InChI is InChI=1S/C11H10N6O2/c18-10(9-7-13-5-6-14-9)16-17-11(19)15-8-1-3-12-4-2-8/h1-7H,(H,16,18)(H2,12,15,17,19). The molecule has 8 heteroatoms. The van der Waals surface area contributed by atoms with Crippen LogP contribution in [0, 0.1) is 0 Å². The van der Waals surface area contributed by atoms with Crippen molar-refractivity contribution in [2.45, 2.75) is 0 Å². The van der Waals surface area contributed by atoms with E-state index >= 15 is 0 Å². The SMILES string of the molecule is O=C(NNC(=O)c1cnccn1)Nc1ccncc1. The molecule has 0 aliphatic rings. The van der Waals surface area contributed by atoms with Crippen LogP contribution in [0.2, 0.25) is 0 Å². The molecule has 0 spiro atoms. The lowest BCUT2D eigenvalue weighted by molar-refractivity contribution is 0.0932. The summed E-state index contributed by atoms with van der Waals surface area (Å²) in [5.41, 5.74) is 5.05. The maximum absolute atomic E-state index is 11.5. The first-order valence-electron chi connectivity index (χ1n) is 5.29. The number of nitrogens with zero attached hydrogens (tertiary/aromatic N) is 3. The van der Waals surface area contributed by atoms with Crippen molar-refractivity contribution in [3.8, 4) is 0 Å². The lowest BCUT2D eigenvalue weighted by Gasteiger charge is -2.08. The number of hydrazine groups is 1. The predicted octanol–water partition coefficient (Wildman–Crippen LogP) is 0.338. The van der Waals surface area contributed by atoms with Crippen LogP contribution in [0.1, 0.15) is 10.5 Å². The molecule has 2 heterocycles. The number of aromatic nitrogens is 3. The smallest absolute Gasteiger partial charge is 0.306 e. The second-order valence-corrected chi connectivity index (χ2v) is 3.36. The lowest BCUT2D eigenvalue weighted by Crippen LogP contribution is -2.44. The number of carbonyl (C=O) groups is 2. The Labute approximate surface area is 108 Å². The molecule has 2 aromatic heterocycles. The Morgan fingerprint density at radius 2 is 1.74 bits per heavy atom. The van der Waals surface area contributed by atoms with Gasteiger partial charge in [-0.05, 0) is 12.1 Å². The van der Waals surface area contributed by atoms with E-state index in [0.29, 0.717) is 5.69 Å². The van der Waals surface area contributed by atoms with Gasteiger partial charge in [-0.1, -0.05) is 0 Å². The fourth-order valence-corrected chi connectivity index (χ4v) is 1.19. The third-order valence-corrected chi connectivity index (χ3v) is 2.02. The van der Waals surface area contributed by atoms with E-state index in [1.165, 1.54) is 31.0 Å². The Morgan fingerprint density at radius 3 is 2.42 bits per heavy atom. The van der Waals surface area contributed by atoms with Crippen LogP contribution in [0.5, 0.6) is 0 Å². The first kappa shape index (κ1) is 12.4. The number of amides is 3. The van der Waals surface area contributed by atoms with Gasteiger partial charge in [0.05, 0.1) is 6.20 Å². The molecular formula is C11H10N6O2. The third kappa shape index (κ3) is 3.73. The van der Waals surface area contributed by atoms with Crippen LogP contribution < -0.4 is 16.2 Å². The van der Waals surface area contributed by atoms with E-state index in [0.717, 1.165) is 0 Å². The summed E-state index contributed by atoms with van der Waals surface area (Å²) in [5.74, 6) is -0.557. The van der Waals surface area contributed by atoms with Gasteiger partial charge in [0.25, 0.3) is 5.91 Å². The van der Waals surface area contributed by atoms with Crippen molar-refractivity contribution >= 4 is 17.6 Å². The molecule has 0 saturated carbocycles. The number of urea groups is 1. The molecule has 0 atom stereocenters. The summed E-state index contributed by atoms with van der Waals surface area (Å²) in [6, 6.07) is 2.65. The first-order valence-corrected chi connectivity index (χ1v) is 5.29. The van der Waals surface area contributed by atoms with Gasteiger partial charge in [-0.2, -0.15) is 0 Å². The molecular weight excluding hydrogens is 248 g/mol. The minimum absolute atomic E-state index is 0.103. The molecule has 0 aliphatic carbocycles. The van der Waals surface area contributed by atoms with E-state index in [4.69, 9.17) is 0 Å². The van der Waals surface area contributed by atoms with Gasteiger partial charge < -0.3 is 5.32 Å². The van der Waals surface area contributed by atoms with Gasteiger partial charge in [-0.3, -0.25) is 20.2 Å². The molecule has 96 valence electrons. The van der Waals surface area contributed by atoms with Gasteiger partial charge in [0.15, 0.2) is 0 Å². The molecule has 8 nitrogen and oxygen atoms in total. The monoisotopic (exact) mass is 258 g/mol. The van der Waals surface area contributed by atoms with Crippen molar-refractivity contribution in [1.82, 2.24) is 25.8 Å². The van der Waals surface area contributed by atoms with E-state index in [1.807, 2.05) is 0 Å². The number of nitrogens with one attached hydrogen (secondary N) is 3. The quantitative estimate of drug-likeness (QED) is 0.673. The molecule has 0 saturated heterocycles. The van der Waals surface area contributed by atoms with Gasteiger partial charge in [0.1, 0.15) is 5.69 Å². The normalized spacial score (nSPS) is 9.47. The van der Waals surface area contributed by atoms with E-state index in [9.17, 15) is 9.59 Å². The summed E-state index contributed by atoms with van der Waals surface area (Å²) in [6.45, 7) is 0. The van der Waals surface area contributed by atoms with E-state index in [1.54, 1.807) is 12.1 Å². The fraction of sp³-hybridized carbons (Fsp3) is 0. The second kappa shape index (κ2) is 6.05. The van der Waals surface area contributed by atoms with Crippen molar-refractivity contribution in [2.24, 2.45) is 0 Å².